The molecule has 0 unspecified atom stereocenters. The number of piperidine rings is 1. The van der Waals surface area contributed by atoms with Gasteiger partial charge >= 0.3 is 5.97 Å². The molecular formula is C40H53N9O4. The maximum Gasteiger partial charge on any atom is 0.308 e. The summed E-state index contributed by atoms with van der Waals surface area (Å²) in [5.41, 5.74) is 1.52. The van der Waals surface area contributed by atoms with Crippen LogP contribution in [0.25, 0.3) is 16.9 Å². The first-order valence-corrected chi connectivity index (χ1v) is 19.1. The topological polar surface area (TPSA) is 134 Å². The van der Waals surface area contributed by atoms with Crippen molar-refractivity contribution in [3.05, 3.63) is 77.4 Å². The Morgan fingerprint density at radius 2 is 1.70 bits per heavy atom. The van der Waals surface area contributed by atoms with Crippen molar-refractivity contribution in [1.29, 1.82) is 0 Å². The second-order valence-electron chi connectivity index (χ2n) is 15.3. The third-order valence-electron chi connectivity index (χ3n) is 11.3. The number of likely N-dealkylation sites (tertiary alicyclic amines) is 1. The lowest BCUT2D eigenvalue weighted by Crippen LogP contribution is -2.53. The number of fused-ring (bicyclic) bond motifs is 1. The van der Waals surface area contributed by atoms with Gasteiger partial charge < -0.3 is 25.0 Å². The van der Waals surface area contributed by atoms with E-state index in [1.165, 1.54) is 36.9 Å². The number of hydrogen-bond donors (Lipinski definition) is 2. The number of carbonyl (C=O) groups is 1. The smallest absolute Gasteiger partial charge is 0.308 e. The van der Waals surface area contributed by atoms with Crippen LogP contribution in [-0.2, 0) is 21.7 Å². The van der Waals surface area contributed by atoms with Crippen LogP contribution in [0.4, 0.5) is 17.3 Å². The van der Waals surface area contributed by atoms with Crippen LogP contribution in [0.3, 0.4) is 0 Å². The summed E-state index contributed by atoms with van der Waals surface area (Å²) in [7, 11) is 1.50. The van der Waals surface area contributed by atoms with Gasteiger partial charge in [0.25, 0.3) is 5.56 Å². The zero-order valence-corrected chi connectivity index (χ0v) is 31.3. The van der Waals surface area contributed by atoms with E-state index in [2.05, 4.69) is 48.7 Å². The predicted molar refractivity (Wildman–Crippen MR) is 207 cm³/mol. The quantitative estimate of drug-likeness (QED) is 0.165. The summed E-state index contributed by atoms with van der Waals surface area (Å²) in [5, 5.41) is 14.3. The number of hydrogen-bond acceptors (Lipinski definition) is 11. The number of esters is 1. The third kappa shape index (κ3) is 8.17. The number of nitrogens with zero attached hydrogens (tertiary/aromatic N) is 8. The molecule has 0 bridgehead atoms. The lowest BCUT2D eigenvalue weighted by atomic mass is 9.81. The molecule has 7 rings (SSSR count). The first-order valence-electron chi connectivity index (χ1n) is 19.1. The minimum Gasteiger partial charge on any atom is -0.469 e. The van der Waals surface area contributed by atoms with Crippen LogP contribution >= 0.6 is 0 Å². The van der Waals surface area contributed by atoms with Crippen molar-refractivity contribution in [2.24, 2.45) is 11.8 Å². The fraction of sp³-hybridized carbons (Fsp3) is 0.525. The number of aromatic nitrogens is 5. The van der Waals surface area contributed by atoms with Gasteiger partial charge in [0.05, 0.1) is 25.3 Å². The molecule has 3 aromatic heterocycles. The van der Waals surface area contributed by atoms with Gasteiger partial charge in [0.1, 0.15) is 11.0 Å². The molecule has 0 amide bonds. The molecule has 53 heavy (non-hydrogen) atoms. The van der Waals surface area contributed by atoms with E-state index in [1.54, 1.807) is 49.0 Å². The average Bonchev–Trinajstić information content (AvgIpc) is 3.45. The standard InChI is InChI=1S/C40H53N9O4/c1-5-19-48-37(50)33-26-41-39(44-36(33)49(48)35-8-6-7-34(43-35)40(2,3)52)42-30-13-15-31(16-14-30)46-22-24-47(25-23-46)32-17-20-45(21-18-32)27-28-9-11-29(12-10-28)38(51)53-4/h5-8,13-16,26,28-29,32,52H,1,9-12,17-25,27H2,2-4H3,(H,41,42,44). The maximum absolute atomic E-state index is 13.4. The van der Waals surface area contributed by atoms with E-state index in [9.17, 15) is 14.7 Å². The van der Waals surface area contributed by atoms with E-state index in [0.717, 1.165) is 70.6 Å². The van der Waals surface area contributed by atoms with E-state index < -0.39 is 5.60 Å². The number of nitrogens with one attached hydrogen (secondary N) is 1. The number of aliphatic hydroxyl groups is 1. The maximum atomic E-state index is 13.4. The number of benzene rings is 1. The summed E-state index contributed by atoms with van der Waals surface area (Å²) in [4.78, 5) is 47.0. The van der Waals surface area contributed by atoms with Crippen molar-refractivity contribution in [1.82, 2.24) is 34.1 Å². The van der Waals surface area contributed by atoms with Gasteiger partial charge in [-0.25, -0.2) is 19.3 Å². The Morgan fingerprint density at radius 1 is 0.981 bits per heavy atom. The number of pyridine rings is 1. The zero-order chi connectivity index (χ0) is 37.1. The molecule has 2 N–H and O–H groups in total. The van der Waals surface area contributed by atoms with E-state index in [-0.39, 0.29) is 24.0 Å². The van der Waals surface area contributed by atoms with Crippen LogP contribution in [-0.4, -0.2) is 104 Å². The fourth-order valence-corrected chi connectivity index (χ4v) is 8.30. The molecule has 5 heterocycles. The molecule has 2 saturated heterocycles. The SMILES string of the molecule is C=CCn1c(=O)c2cnc(Nc3ccc(N4CCN(C5CCN(CC6CCC(C(=O)OC)CC6)CC5)CC4)cc3)nc2n1-c1cccc(C(C)(C)O)n1. The summed E-state index contributed by atoms with van der Waals surface area (Å²) in [6.45, 7) is 15.1. The van der Waals surface area contributed by atoms with Crippen molar-refractivity contribution >= 4 is 34.3 Å². The zero-order valence-electron chi connectivity index (χ0n) is 31.3. The van der Waals surface area contributed by atoms with Crippen LogP contribution in [0, 0.1) is 11.8 Å². The van der Waals surface area contributed by atoms with E-state index >= 15 is 0 Å². The average molecular weight is 724 g/mol. The van der Waals surface area contributed by atoms with Gasteiger partial charge in [0.2, 0.25) is 5.95 Å². The van der Waals surface area contributed by atoms with E-state index in [0.29, 0.717) is 40.5 Å². The second-order valence-corrected chi connectivity index (χ2v) is 15.3. The molecule has 0 atom stereocenters. The Bertz CT molecular complexity index is 1940. The number of rotatable bonds is 11. The summed E-state index contributed by atoms with van der Waals surface area (Å²) in [5.74, 6) is 1.60. The molecule has 2 aliphatic heterocycles. The molecule has 3 aliphatic rings. The second kappa shape index (κ2) is 15.8. The number of ether oxygens (including phenoxy) is 1. The number of piperazine rings is 1. The summed E-state index contributed by atoms with van der Waals surface area (Å²) in [6, 6.07) is 14.3. The molecular weight excluding hydrogens is 670 g/mol. The first kappa shape index (κ1) is 36.8. The van der Waals surface area contributed by atoms with Gasteiger partial charge in [0.15, 0.2) is 11.5 Å². The summed E-state index contributed by atoms with van der Waals surface area (Å²) < 4.78 is 8.14. The Morgan fingerprint density at radius 3 is 2.36 bits per heavy atom. The molecule has 1 aromatic carbocycles. The normalized spacial score (nSPS) is 20.8. The van der Waals surface area contributed by atoms with Gasteiger partial charge in [0, 0.05) is 56.3 Å². The van der Waals surface area contributed by atoms with Gasteiger partial charge in [-0.15, -0.1) is 6.58 Å². The van der Waals surface area contributed by atoms with Crippen LogP contribution in [0.1, 0.15) is 58.1 Å². The largest absolute Gasteiger partial charge is 0.469 e. The summed E-state index contributed by atoms with van der Waals surface area (Å²) in [6.07, 6.45) is 9.86. The highest BCUT2D eigenvalue weighted by atomic mass is 16.5. The van der Waals surface area contributed by atoms with Crippen LogP contribution in [0.5, 0.6) is 0 Å². The molecule has 0 spiro atoms. The van der Waals surface area contributed by atoms with Crippen molar-refractivity contribution < 1.29 is 14.6 Å². The Balaban J connectivity index is 0.939. The van der Waals surface area contributed by atoms with Gasteiger partial charge in [-0.1, -0.05) is 12.1 Å². The van der Waals surface area contributed by atoms with Gasteiger partial charge in [-0.05, 0) is 108 Å². The predicted octanol–water partition coefficient (Wildman–Crippen LogP) is 4.70. The van der Waals surface area contributed by atoms with Gasteiger partial charge in [-0.3, -0.25) is 14.5 Å². The molecule has 3 fully saturated rings. The van der Waals surface area contributed by atoms with Crippen molar-refractivity contribution in [3.8, 4) is 5.82 Å². The van der Waals surface area contributed by atoms with Crippen LogP contribution in [0.2, 0.25) is 0 Å². The number of methoxy groups -OCH3 is 1. The lowest BCUT2D eigenvalue weighted by molar-refractivity contribution is -0.146. The Hall–Kier alpha value is -4.59. The summed E-state index contributed by atoms with van der Waals surface area (Å²) >= 11 is 0. The lowest BCUT2D eigenvalue weighted by Gasteiger charge is -2.44. The van der Waals surface area contributed by atoms with Crippen LogP contribution in [0.15, 0.2) is 66.1 Å². The van der Waals surface area contributed by atoms with E-state index in [4.69, 9.17) is 9.72 Å². The monoisotopic (exact) mass is 723 g/mol. The Labute approximate surface area is 311 Å². The molecule has 0 radical (unpaired) electrons. The first-order chi connectivity index (χ1) is 25.6. The highest BCUT2D eigenvalue weighted by Crippen LogP contribution is 2.31. The number of allylic oxidation sites excluding steroid dienone is 1. The van der Waals surface area contributed by atoms with Crippen molar-refractivity contribution in [3.63, 3.8) is 0 Å². The van der Waals surface area contributed by atoms with Crippen LogP contribution < -0.4 is 15.8 Å². The Kier molecular flexibility index (Phi) is 11.0. The van der Waals surface area contributed by atoms with Gasteiger partial charge in [-0.2, -0.15) is 4.98 Å². The molecule has 4 aromatic rings. The molecule has 13 heteroatoms. The number of carbonyl (C=O) groups excluding carboxylic acids is 1. The molecule has 282 valence electrons. The molecule has 13 nitrogen and oxygen atoms in total. The van der Waals surface area contributed by atoms with Crippen molar-refractivity contribution in [2.75, 3.05) is 63.1 Å². The number of anilines is 3. The molecule has 1 aliphatic carbocycles. The van der Waals surface area contributed by atoms with E-state index in [1.807, 2.05) is 12.1 Å². The minimum atomic E-state index is -1.15. The van der Waals surface area contributed by atoms with Crippen molar-refractivity contribution in [2.45, 2.75) is 70.6 Å². The fourth-order valence-electron chi connectivity index (χ4n) is 8.30. The molecule has 1 saturated carbocycles. The highest BCUT2D eigenvalue weighted by Gasteiger charge is 2.31. The minimum absolute atomic E-state index is 0.0324. The third-order valence-corrected chi connectivity index (χ3v) is 11.3. The highest BCUT2D eigenvalue weighted by molar-refractivity contribution is 5.77.